The number of carbonyl (C=O) groups is 2. The minimum Gasteiger partial charge on any atom is -0.454 e. The third-order valence-corrected chi connectivity index (χ3v) is 4.92. The zero-order valence-electron chi connectivity index (χ0n) is 15.7. The number of nitrogens with zero attached hydrogens (tertiary/aromatic N) is 3. The molecule has 4 rings (SSSR count). The predicted molar refractivity (Wildman–Crippen MR) is 95.6 cm³/mol. The van der Waals surface area contributed by atoms with Crippen LogP contribution in [0.4, 0.5) is 0 Å². The van der Waals surface area contributed by atoms with Crippen molar-refractivity contribution in [2.75, 3.05) is 19.9 Å². The number of piperidine rings is 1. The van der Waals surface area contributed by atoms with Crippen LogP contribution >= 0.6 is 0 Å². The Morgan fingerprint density at radius 2 is 1.96 bits per heavy atom. The van der Waals surface area contributed by atoms with Gasteiger partial charge in [-0.15, -0.1) is 0 Å². The summed E-state index contributed by atoms with van der Waals surface area (Å²) in [6, 6.07) is 5.51. The van der Waals surface area contributed by atoms with Crippen molar-refractivity contribution >= 4 is 11.9 Å². The second-order valence-electron chi connectivity index (χ2n) is 6.88. The number of carbonyl (C=O) groups excluding carboxylic acids is 2. The first-order chi connectivity index (χ1) is 13.5. The molecule has 1 fully saturated rings. The van der Waals surface area contributed by atoms with E-state index in [-0.39, 0.29) is 18.6 Å². The van der Waals surface area contributed by atoms with E-state index in [9.17, 15) is 9.59 Å². The fraction of sp³-hybridized carbons (Fsp3) is 0.474. The molecular weight excluding hydrogens is 366 g/mol. The second-order valence-corrected chi connectivity index (χ2v) is 6.88. The van der Waals surface area contributed by atoms with Crippen molar-refractivity contribution in [1.82, 2.24) is 15.0 Å². The fourth-order valence-corrected chi connectivity index (χ4v) is 3.46. The van der Waals surface area contributed by atoms with Crippen LogP contribution in [0.25, 0.3) is 11.4 Å². The van der Waals surface area contributed by atoms with Crippen molar-refractivity contribution in [3.63, 3.8) is 0 Å². The van der Waals surface area contributed by atoms with Crippen LogP contribution in [-0.4, -0.2) is 52.9 Å². The molecule has 0 radical (unpaired) electrons. The van der Waals surface area contributed by atoms with Crippen molar-refractivity contribution in [2.24, 2.45) is 0 Å². The van der Waals surface area contributed by atoms with Gasteiger partial charge in [0.15, 0.2) is 17.6 Å². The van der Waals surface area contributed by atoms with Crippen molar-refractivity contribution in [1.29, 1.82) is 0 Å². The summed E-state index contributed by atoms with van der Waals surface area (Å²) in [5, 5.41) is 4.08. The lowest BCUT2D eigenvalue weighted by Gasteiger charge is -2.31. The van der Waals surface area contributed by atoms with E-state index in [2.05, 4.69) is 10.1 Å². The van der Waals surface area contributed by atoms with Crippen LogP contribution in [0.5, 0.6) is 11.5 Å². The topological polar surface area (TPSA) is 104 Å². The average Bonchev–Trinajstić information content (AvgIpc) is 3.36. The number of ether oxygens (including phenoxy) is 3. The lowest BCUT2D eigenvalue weighted by atomic mass is 9.96. The van der Waals surface area contributed by atoms with Crippen LogP contribution in [0.2, 0.25) is 0 Å². The maximum Gasteiger partial charge on any atom is 0.303 e. The Hall–Kier alpha value is -3.10. The molecular formula is C19H21N3O6. The fourth-order valence-electron chi connectivity index (χ4n) is 3.46. The summed E-state index contributed by atoms with van der Waals surface area (Å²) in [5.41, 5.74) is 0.794. The molecule has 28 heavy (non-hydrogen) atoms. The normalized spacial score (nSPS) is 17.4. The molecule has 0 bridgehead atoms. The molecule has 148 valence electrons. The van der Waals surface area contributed by atoms with Crippen LogP contribution in [0, 0.1) is 0 Å². The van der Waals surface area contributed by atoms with E-state index in [0.717, 1.165) is 5.56 Å². The lowest BCUT2D eigenvalue weighted by molar-refractivity contribution is -0.157. The summed E-state index contributed by atoms with van der Waals surface area (Å²) in [4.78, 5) is 29.6. The zero-order valence-corrected chi connectivity index (χ0v) is 15.7. The molecule has 0 aliphatic carbocycles. The van der Waals surface area contributed by atoms with Crippen LogP contribution in [0.3, 0.4) is 0 Å². The molecule has 0 saturated carbocycles. The molecule has 1 aromatic carbocycles. The van der Waals surface area contributed by atoms with Crippen molar-refractivity contribution in [3.05, 3.63) is 24.1 Å². The predicted octanol–water partition coefficient (Wildman–Crippen LogP) is 2.12. The third kappa shape index (κ3) is 3.64. The number of esters is 1. The van der Waals surface area contributed by atoms with Gasteiger partial charge >= 0.3 is 5.97 Å². The number of hydrogen-bond donors (Lipinski definition) is 0. The van der Waals surface area contributed by atoms with Crippen LogP contribution in [0.1, 0.15) is 38.5 Å². The largest absolute Gasteiger partial charge is 0.454 e. The van der Waals surface area contributed by atoms with E-state index in [1.54, 1.807) is 11.8 Å². The Balaban J connectivity index is 1.38. The molecule has 9 heteroatoms. The molecule has 1 amide bonds. The van der Waals surface area contributed by atoms with Gasteiger partial charge in [-0.3, -0.25) is 9.59 Å². The molecule has 9 nitrogen and oxygen atoms in total. The highest BCUT2D eigenvalue weighted by Crippen LogP contribution is 2.36. The molecule has 0 unspecified atom stereocenters. The molecule has 2 aliphatic rings. The third-order valence-electron chi connectivity index (χ3n) is 4.92. The van der Waals surface area contributed by atoms with Crippen LogP contribution < -0.4 is 9.47 Å². The Morgan fingerprint density at radius 1 is 1.21 bits per heavy atom. The van der Waals surface area contributed by atoms with E-state index in [0.29, 0.717) is 49.1 Å². The summed E-state index contributed by atoms with van der Waals surface area (Å²) in [7, 11) is 0. The van der Waals surface area contributed by atoms with Gasteiger partial charge < -0.3 is 23.6 Å². The van der Waals surface area contributed by atoms with Gasteiger partial charge in [-0.05, 0) is 38.0 Å². The number of likely N-dealkylation sites (tertiary alicyclic amines) is 1. The number of fused-ring (bicyclic) bond motifs is 1. The smallest absolute Gasteiger partial charge is 0.303 e. The highest BCUT2D eigenvalue weighted by Gasteiger charge is 2.30. The number of hydrogen-bond acceptors (Lipinski definition) is 8. The molecule has 1 aromatic heterocycles. The highest BCUT2D eigenvalue weighted by atomic mass is 16.7. The summed E-state index contributed by atoms with van der Waals surface area (Å²) in [5.74, 6) is 1.87. The first kappa shape index (κ1) is 18.3. The highest BCUT2D eigenvalue weighted by molar-refractivity contribution is 5.83. The van der Waals surface area contributed by atoms with E-state index < -0.39 is 12.1 Å². The van der Waals surface area contributed by atoms with Gasteiger partial charge in [0.2, 0.25) is 18.5 Å². The number of rotatable bonds is 4. The zero-order chi connectivity index (χ0) is 19.7. The quantitative estimate of drug-likeness (QED) is 0.735. The lowest BCUT2D eigenvalue weighted by Crippen LogP contribution is -2.43. The number of amides is 1. The minimum absolute atomic E-state index is 0.0864. The van der Waals surface area contributed by atoms with Gasteiger partial charge in [0.05, 0.1) is 0 Å². The Kier molecular flexibility index (Phi) is 4.89. The van der Waals surface area contributed by atoms with Gasteiger partial charge in [0, 0.05) is 31.5 Å². The van der Waals surface area contributed by atoms with Gasteiger partial charge in [0.1, 0.15) is 0 Å². The maximum absolute atomic E-state index is 12.3. The monoisotopic (exact) mass is 387 g/mol. The van der Waals surface area contributed by atoms with Gasteiger partial charge in [-0.2, -0.15) is 4.98 Å². The Bertz CT molecular complexity index is 888. The second kappa shape index (κ2) is 7.49. The molecule has 2 aromatic rings. The molecule has 3 heterocycles. The summed E-state index contributed by atoms with van der Waals surface area (Å²) < 4.78 is 21.1. The maximum atomic E-state index is 12.3. The molecule has 2 aliphatic heterocycles. The number of aromatic nitrogens is 2. The Morgan fingerprint density at radius 3 is 2.71 bits per heavy atom. The van der Waals surface area contributed by atoms with Gasteiger partial charge in [-0.1, -0.05) is 5.16 Å². The van der Waals surface area contributed by atoms with Crippen molar-refractivity contribution in [3.8, 4) is 22.9 Å². The standard InChI is InChI=1S/C19H21N3O6/c1-11(27-12(2)23)19(24)22-7-5-13(6-8-22)18-20-17(21-28-18)14-3-4-15-16(9-14)26-10-25-15/h3-4,9,11,13H,5-8,10H2,1-2H3/t11-/m0/s1. The van der Waals surface area contributed by atoms with Gasteiger partial charge in [0.25, 0.3) is 5.91 Å². The van der Waals surface area contributed by atoms with Gasteiger partial charge in [-0.25, -0.2) is 0 Å². The SMILES string of the molecule is CC(=O)O[C@@H](C)C(=O)N1CCC(c2nc(-c3ccc4c(c3)OCO4)no2)CC1. The van der Waals surface area contributed by atoms with E-state index in [1.165, 1.54) is 6.92 Å². The summed E-state index contributed by atoms with van der Waals surface area (Å²) >= 11 is 0. The van der Waals surface area contributed by atoms with Crippen molar-refractivity contribution in [2.45, 2.75) is 38.7 Å². The van der Waals surface area contributed by atoms with E-state index in [1.807, 2.05) is 18.2 Å². The molecule has 1 saturated heterocycles. The Labute approximate surface area is 161 Å². The van der Waals surface area contributed by atoms with E-state index >= 15 is 0 Å². The molecule has 0 N–H and O–H groups in total. The van der Waals surface area contributed by atoms with Crippen molar-refractivity contribution < 1.29 is 28.3 Å². The molecule has 0 spiro atoms. The average molecular weight is 387 g/mol. The first-order valence-electron chi connectivity index (χ1n) is 9.21. The number of benzene rings is 1. The van der Waals surface area contributed by atoms with Crippen LogP contribution in [0.15, 0.2) is 22.7 Å². The summed E-state index contributed by atoms with van der Waals surface area (Å²) in [6.07, 6.45) is 0.651. The molecule has 1 atom stereocenters. The summed E-state index contributed by atoms with van der Waals surface area (Å²) in [6.45, 7) is 4.20. The minimum atomic E-state index is -0.768. The first-order valence-corrected chi connectivity index (χ1v) is 9.21. The van der Waals surface area contributed by atoms with E-state index in [4.69, 9.17) is 18.7 Å². The van der Waals surface area contributed by atoms with Crippen LogP contribution in [-0.2, 0) is 14.3 Å².